The fraction of sp³-hybridized carbons (Fsp3) is 0.235. The number of aliphatic hydroxyl groups is 1. The zero-order valence-electron chi connectivity index (χ0n) is 12.0. The first kappa shape index (κ1) is 16.9. The van der Waals surface area contributed by atoms with E-state index in [1.54, 1.807) is 11.8 Å². The van der Waals surface area contributed by atoms with Crippen molar-refractivity contribution in [1.82, 2.24) is 5.32 Å². The van der Waals surface area contributed by atoms with Crippen molar-refractivity contribution in [3.8, 4) is 0 Å². The van der Waals surface area contributed by atoms with Gasteiger partial charge in [0, 0.05) is 11.6 Å². The van der Waals surface area contributed by atoms with Gasteiger partial charge in [-0.1, -0.05) is 54.1 Å². The van der Waals surface area contributed by atoms with Crippen molar-refractivity contribution in [3.05, 3.63) is 70.7 Å². The highest BCUT2D eigenvalue weighted by Gasteiger charge is 2.16. The van der Waals surface area contributed by atoms with Gasteiger partial charge in [0.05, 0.1) is 17.6 Å². The van der Waals surface area contributed by atoms with Gasteiger partial charge in [0.25, 0.3) is 0 Å². The topological polar surface area (TPSA) is 49.3 Å². The van der Waals surface area contributed by atoms with Crippen molar-refractivity contribution in [2.45, 2.75) is 5.25 Å². The number of hydrogen-bond donors (Lipinski definition) is 2. The molecule has 1 amide bonds. The minimum atomic E-state index is -0.0751. The van der Waals surface area contributed by atoms with E-state index in [1.165, 1.54) is 0 Å². The van der Waals surface area contributed by atoms with Crippen molar-refractivity contribution in [2.24, 2.45) is 0 Å². The maximum Gasteiger partial charge on any atom is 0.230 e. The molecule has 0 radical (unpaired) electrons. The van der Waals surface area contributed by atoms with Gasteiger partial charge in [0.1, 0.15) is 0 Å². The number of benzene rings is 2. The summed E-state index contributed by atoms with van der Waals surface area (Å²) in [5.41, 5.74) is 2.25. The molecule has 3 nitrogen and oxygen atoms in total. The molecule has 2 aromatic rings. The first-order valence-corrected chi connectivity index (χ1v) is 8.43. The third-order valence-corrected chi connectivity index (χ3v) is 4.65. The predicted molar refractivity (Wildman–Crippen MR) is 92.3 cm³/mol. The second kappa shape index (κ2) is 8.83. The minimum Gasteiger partial charge on any atom is -0.395 e. The van der Waals surface area contributed by atoms with Crippen LogP contribution in [0.15, 0.2) is 54.6 Å². The number of amides is 1. The van der Waals surface area contributed by atoms with Crippen molar-refractivity contribution >= 4 is 29.3 Å². The van der Waals surface area contributed by atoms with E-state index < -0.39 is 0 Å². The van der Waals surface area contributed by atoms with Crippen LogP contribution in [0.5, 0.6) is 0 Å². The molecule has 0 aromatic heterocycles. The van der Waals surface area contributed by atoms with Gasteiger partial charge in [-0.25, -0.2) is 0 Å². The lowest BCUT2D eigenvalue weighted by Gasteiger charge is -2.17. The zero-order chi connectivity index (χ0) is 15.8. The molecular weight excluding hydrogens is 318 g/mol. The maximum absolute atomic E-state index is 11.8. The molecule has 0 aliphatic carbocycles. The molecule has 22 heavy (non-hydrogen) atoms. The number of aliphatic hydroxyl groups excluding tert-OH is 1. The van der Waals surface area contributed by atoms with Crippen LogP contribution in [-0.4, -0.2) is 29.9 Å². The molecule has 1 unspecified atom stereocenters. The van der Waals surface area contributed by atoms with Crippen molar-refractivity contribution < 1.29 is 9.90 Å². The highest BCUT2D eigenvalue weighted by Crippen LogP contribution is 2.35. The summed E-state index contributed by atoms with van der Waals surface area (Å²) in [6.07, 6.45) is 0. The van der Waals surface area contributed by atoms with Crippen LogP contribution >= 0.6 is 23.4 Å². The van der Waals surface area contributed by atoms with Gasteiger partial charge in [0.2, 0.25) is 5.91 Å². The van der Waals surface area contributed by atoms with E-state index in [9.17, 15) is 4.79 Å². The molecule has 0 spiro atoms. The molecule has 0 bridgehead atoms. The number of rotatable bonds is 7. The van der Waals surface area contributed by atoms with Crippen molar-refractivity contribution in [3.63, 3.8) is 0 Å². The fourth-order valence-corrected chi connectivity index (χ4v) is 3.30. The summed E-state index contributed by atoms with van der Waals surface area (Å²) in [6, 6.07) is 17.8. The summed E-state index contributed by atoms with van der Waals surface area (Å²) < 4.78 is 0. The lowest BCUT2D eigenvalue weighted by molar-refractivity contribution is -0.118. The van der Waals surface area contributed by atoms with Crippen LogP contribution < -0.4 is 5.32 Å². The van der Waals surface area contributed by atoms with Gasteiger partial charge in [-0.05, 0) is 23.3 Å². The zero-order valence-corrected chi connectivity index (χ0v) is 13.6. The number of halogens is 1. The van der Waals surface area contributed by atoms with E-state index in [1.807, 2.05) is 42.5 Å². The van der Waals surface area contributed by atoms with Crippen LogP contribution in [-0.2, 0) is 4.79 Å². The Labute approximate surface area is 139 Å². The molecular formula is C17H18ClNO2S. The Bertz CT molecular complexity index is 589. The first-order chi connectivity index (χ1) is 10.7. The molecule has 2 N–H and O–H groups in total. The van der Waals surface area contributed by atoms with Gasteiger partial charge >= 0.3 is 0 Å². The number of nitrogens with one attached hydrogen (secondary N) is 1. The Hall–Kier alpha value is -1.49. The van der Waals surface area contributed by atoms with Gasteiger partial charge in [-0.15, -0.1) is 11.8 Å². The Morgan fingerprint density at radius 2 is 1.73 bits per heavy atom. The number of thioether (sulfide) groups is 1. The minimum absolute atomic E-state index is 0.0459. The SMILES string of the molecule is O=C(CSC(c1ccccc1)c1ccc(Cl)cc1)NCCO. The molecule has 2 aromatic carbocycles. The normalized spacial score (nSPS) is 11.9. The highest BCUT2D eigenvalue weighted by molar-refractivity contribution is 8.00. The first-order valence-electron chi connectivity index (χ1n) is 7.00. The van der Waals surface area contributed by atoms with Crippen LogP contribution in [0.25, 0.3) is 0 Å². The largest absolute Gasteiger partial charge is 0.395 e. The quantitative estimate of drug-likeness (QED) is 0.816. The van der Waals surface area contributed by atoms with Gasteiger partial charge in [-0.2, -0.15) is 0 Å². The predicted octanol–water partition coefficient (Wildman–Crippen LogP) is 3.27. The molecule has 5 heteroatoms. The third-order valence-electron chi connectivity index (χ3n) is 3.09. The molecule has 0 saturated heterocycles. The lowest BCUT2D eigenvalue weighted by atomic mass is 10.0. The average Bonchev–Trinajstić information content (AvgIpc) is 2.55. The Balaban J connectivity index is 2.12. The molecule has 0 heterocycles. The van der Waals surface area contributed by atoms with E-state index >= 15 is 0 Å². The molecule has 116 valence electrons. The van der Waals surface area contributed by atoms with Gasteiger partial charge in [-0.3, -0.25) is 4.79 Å². The summed E-state index contributed by atoms with van der Waals surface area (Å²) in [5.74, 6) is 0.260. The van der Waals surface area contributed by atoms with E-state index in [0.717, 1.165) is 11.1 Å². The standard InChI is InChI=1S/C17H18ClNO2S/c18-15-8-6-14(7-9-15)17(13-4-2-1-3-5-13)22-12-16(21)19-10-11-20/h1-9,17,20H,10-12H2,(H,19,21). The van der Waals surface area contributed by atoms with E-state index in [0.29, 0.717) is 10.8 Å². The molecule has 0 saturated carbocycles. The molecule has 2 rings (SSSR count). The summed E-state index contributed by atoms with van der Waals surface area (Å²) in [6.45, 7) is 0.242. The number of carbonyl (C=O) groups is 1. The maximum atomic E-state index is 11.8. The number of hydrogen-bond acceptors (Lipinski definition) is 3. The molecule has 0 fully saturated rings. The molecule has 0 aliphatic heterocycles. The summed E-state index contributed by atoms with van der Waals surface area (Å²) in [7, 11) is 0. The molecule has 0 aliphatic rings. The van der Waals surface area contributed by atoms with E-state index in [2.05, 4.69) is 17.4 Å². The summed E-state index contributed by atoms with van der Waals surface area (Å²) in [5, 5.41) is 12.2. The second-order valence-corrected chi connectivity index (χ2v) is 6.26. The average molecular weight is 336 g/mol. The van der Waals surface area contributed by atoms with Crippen LogP contribution in [0.4, 0.5) is 0 Å². The summed E-state index contributed by atoms with van der Waals surface area (Å²) >= 11 is 7.51. The van der Waals surface area contributed by atoms with Crippen LogP contribution in [0, 0.1) is 0 Å². The van der Waals surface area contributed by atoms with Gasteiger partial charge < -0.3 is 10.4 Å². The van der Waals surface area contributed by atoms with Crippen LogP contribution in [0.3, 0.4) is 0 Å². The third kappa shape index (κ3) is 5.05. The van der Waals surface area contributed by atoms with Crippen LogP contribution in [0.2, 0.25) is 5.02 Å². The Kier molecular flexibility index (Phi) is 6.77. The van der Waals surface area contributed by atoms with E-state index in [4.69, 9.17) is 16.7 Å². The van der Waals surface area contributed by atoms with Gasteiger partial charge in [0.15, 0.2) is 0 Å². The van der Waals surface area contributed by atoms with Crippen molar-refractivity contribution in [2.75, 3.05) is 18.9 Å². The Morgan fingerprint density at radius 1 is 1.09 bits per heavy atom. The smallest absolute Gasteiger partial charge is 0.230 e. The second-order valence-electron chi connectivity index (χ2n) is 4.73. The lowest BCUT2D eigenvalue weighted by Crippen LogP contribution is -2.28. The highest BCUT2D eigenvalue weighted by atomic mass is 35.5. The molecule has 1 atom stereocenters. The summed E-state index contributed by atoms with van der Waals surface area (Å²) in [4.78, 5) is 11.8. The van der Waals surface area contributed by atoms with Crippen LogP contribution in [0.1, 0.15) is 16.4 Å². The fourth-order valence-electron chi connectivity index (χ4n) is 2.06. The Morgan fingerprint density at radius 3 is 2.36 bits per heavy atom. The van der Waals surface area contributed by atoms with E-state index in [-0.39, 0.29) is 24.3 Å². The number of carbonyl (C=O) groups excluding carboxylic acids is 1. The monoisotopic (exact) mass is 335 g/mol. The van der Waals surface area contributed by atoms with Crippen molar-refractivity contribution in [1.29, 1.82) is 0 Å².